The number of hydrogen-bond acceptors (Lipinski definition) is 1. The van der Waals surface area contributed by atoms with Crippen molar-refractivity contribution in [2.45, 2.75) is 64.8 Å². The van der Waals surface area contributed by atoms with E-state index in [4.69, 9.17) is 0 Å². The molecule has 94 valence electrons. The molecule has 1 fully saturated rings. The molecule has 3 nitrogen and oxygen atoms in total. The van der Waals surface area contributed by atoms with Crippen molar-refractivity contribution in [3.8, 4) is 0 Å². The largest absolute Gasteiger partial charge is 0.335 e. The highest BCUT2D eigenvalue weighted by Crippen LogP contribution is 2.17. The maximum Gasteiger partial charge on any atom is 0.317 e. The minimum absolute atomic E-state index is 0.155. The third kappa shape index (κ3) is 4.42. The van der Waals surface area contributed by atoms with E-state index in [1.165, 1.54) is 25.7 Å². The summed E-state index contributed by atoms with van der Waals surface area (Å²) in [4.78, 5) is 14.0. The van der Waals surface area contributed by atoms with Crippen molar-refractivity contribution in [3.05, 3.63) is 0 Å². The highest BCUT2D eigenvalue weighted by Gasteiger charge is 2.19. The average molecular weight is 226 g/mol. The van der Waals surface area contributed by atoms with Gasteiger partial charge in [0.15, 0.2) is 0 Å². The van der Waals surface area contributed by atoms with Gasteiger partial charge in [0.2, 0.25) is 0 Å². The number of carbonyl (C=O) groups excluding carboxylic acids is 1. The highest BCUT2D eigenvalue weighted by atomic mass is 16.2. The van der Waals surface area contributed by atoms with Gasteiger partial charge in [0.05, 0.1) is 0 Å². The van der Waals surface area contributed by atoms with Crippen molar-refractivity contribution in [1.82, 2.24) is 10.2 Å². The number of amides is 2. The first kappa shape index (κ1) is 13.3. The molecule has 1 N–H and O–H groups in total. The van der Waals surface area contributed by atoms with Gasteiger partial charge < -0.3 is 10.2 Å². The van der Waals surface area contributed by atoms with E-state index in [-0.39, 0.29) is 6.03 Å². The van der Waals surface area contributed by atoms with Crippen molar-refractivity contribution in [3.63, 3.8) is 0 Å². The van der Waals surface area contributed by atoms with Gasteiger partial charge in [-0.25, -0.2) is 4.79 Å². The summed E-state index contributed by atoms with van der Waals surface area (Å²) >= 11 is 0. The molecule has 0 aromatic carbocycles. The van der Waals surface area contributed by atoms with Gasteiger partial charge in [-0.15, -0.1) is 0 Å². The molecule has 0 unspecified atom stereocenters. The molecule has 0 spiro atoms. The summed E-state index contributed by atoms with van der Waals surface area (Å²) in [5.74, 6) is 0. The Kier molecular flexibility index (Phi) is 6.27. The normalized spacial score (nSPS) is 16.4. The van der Waals surface area contributed by atoms with E-state index in [0.29, 0.717) is 6.04 Å². The standard InChI is InChI=1S/C13H26N2O/c1-3-5-11-15(10-4-2)13(16)14-12-8-6-7-9-12/h12H,3-11H2,1-2H3,(H,14,16). The molecule has 0 saturated heterocycles. The third-order valence-electron chi connectivity index (χ3n) is 3.25. The summed E-state index contributed by atoms with van der Waals surface area (Å²) in [6.45, 7) is 6.09. The molecule has 16 heavy (non-hydrogen) atoms. The molecular weight excluding hydrogens is 200 g/mol. The quantitative estimate of drug-likeness (QED) is 0.741. The van der Waals surface area contributed by atoms with E-state index in [1.54, 1.807) is 0 Å². The van der Waals surface area contributed by atoms with Gasteiger partial charge in [0.1, 0.15) is 0 Å². The number of nitrogens with one attached hydrogen (secondary N) is 1. The van der Waals surface area contributed by atoms with E-state index in [1.807, 2.05) is 4.90 Å². The Morgan fingerprint density at radius 2 is 1.88 bits per heavy atom. The second kappa shape index (κ2) is 7.53. The maximum absolute atomic E-state index is 12.0. The van der Waals surface area contributed by atoms with Gasteiger partial charge in [-0.3, -0.25) is 0 Å². The zero-order valence-corrected chi connectivity index (χ0v) is 10.8. The lowest BCUT2D eigenvalue weighted by molar-refractivity contribution is 0.193. The molecule has 1 aliphatic carbocycles. The van der Waals surface area contributed by atoms with Crippen LogP contribution < -0.4 is 5.32 Å². The Bertz CT molecular complexity index is 200. The summed E-state index contributed by atoms with van der Waals surface area (Å²) in [7, 11) is 0. The minimum Gasteiger partial charge on any atom is -0.335 e. The van der Waals surface area contributed by atoms with Crippen molar-refractivity contribution in [1.29, 1.82) is 0 Å². The zero-order chi connectivity index (χ0) is 11.8. The fraction of sp³-hybridized carbons (Fsp3) is 0.923. The highest BCUT2D eigenvalue weighted by molar-refractivity contribution is 5.74. The molecule has 0 bridgehead atoms. The fourth-order valence-electron chi connectivity index (χ4n) is 2.27. The smallest absolute Gasteiger partial charge is 0.317 e. The van der Waals surface area contributed by atoms with Crippen LogP contribution in [0.4, 0.5) is 4.79 Å². The van der Waals surface area contributed by atoms with Crippen LogP contribution in [-0.4, -0.2) is 30.1 Å². The van der Waals surface area contributed by atoms with Gasteiger partial charge in [0, 0.05) is 19.1 Å². The molecule has 0 aromatic rings. The Morgan fingerprint density at radius 3 is 2.44 bits per heavy atom. The van der Waals surface area contributed by atoms with Crippen LogP contribution in [0.15, 0.2) is 0 Å². The number of unbranched alkanes of at least 4 members (excludes halogenated alkanes) is 1. The molecule has 1 aliphatic rings. The third-order valence-corrected chi connectivity index (χ3v) is 3.25. The van der Waals surface area contributed by atoms with E-state index < -0.39 is 0 Å². The SMILES string of the molecule is CCCCN(CCC)C(=O)NC1CCCC1. The Balaban J connectivity index is 2.32. The monoisotopic (exact) mass is 226 g/mol. The molecule has 3 heteroatoms. The molecule has 0 aromatic heterocycles. The van der Waals surface area contributed by atoms with Crippen LogP contribution >= 0.6 is 0 Å². The van der Waals surface area contributed by atoms with Crippen LogP contribution in [0, 0.1) is 0 Å². The molecule has 0 heterocycles. The predicted molar refractivity (Wildman–Crippen MR) is 67.6 cm³/mol. The second-order valence-electron chi connectivity index (χ2n) is 4.77. The van der Waals surface area contributed by atoms with E-state index in [0.717, 1.165) is 32.4 Å². The molecular formula is C13H26N2O. The topological polar surface area (TPSA) is 32.3 Å². The van der Waals surface area contributed by atoms with Crippen LogP contribution in [0.5, 0.6) is 0 Å². The van der Waals surface area contributed by atoms with Crippen molar-refractivity contribution in [2.24, 2.45) is 0 Å². The Morgan fingerprint density at radius 1 is 1.19 bits per heavy atom. The molecule has 1 saturated carbocycles. The predicted octanol–water partition coefficient (Wildman–Crippen LogP) is 3.15. The molecule has 0 radical (unpaired) electrons. The number of carbonyl (C=O) groups is 1. The van der Waals surface area contributed by atoms with E-state index in [2.05, 4.69) is 19.2 Å². The number of rotatable bonds is 6. The number of hydrogen-bond donors (Lipinski definition) is 1. The molecule has 2 amide bonds. The Labute approximate surface area is 99.6 Å². The molecule has 0 atom stereocenters. The first-order valence-corrected chi connectivity index (χ1v) is 6.83. The van der Waals surface area contributed by atoms with Crippen LogP contribution in [0.1, 0.15) is 58.8 Å². The van der Waals surface area contributed by atoms with E-state index in [9.17, 15) is 4.79 Å². The van der Waals surface area contributed by atoms with Crippen LogP contribution in [0.3, 0.4) is 0 Å². The summed E-state index contributed by atoms with van der Waals surface area (Å²) in [6.07, 6.45) is 8.18. The lowest BCUT2D eigenvalue weighted by atomic mass is 10.2. The van der Waals surface area contributed by atoms with Crippen molar-refractivity contribution in [2.75, 3.05) is 13.1 Å². The first-order chi connectivity index (χ1) is 7.77. The van der Waals surface area contributed by atoms with Gasteiger partial charge in [-0.1, -0.05) is 33.1 Å². The summed E-state index contributed by atoms with van der Waals surface area (Å²) in [5.41, 5.74) is 0. The summed E-state index contributed by atoms with van der Waals surface area (Å²) in [6, 6.07) is 0.593. The van der Waals surface area contributed by atoms with Crippen molar-refractivity contribution < 1.29 is 4.79 Å². The fourth-order valence-corrected chi connectivity index (χ4v) is 2.27. The Hall–Kier alpha value is -0.730. The summed E-state index contributed by atoms with van der Waals surface area (Å²) in [5, 5.41) is 3.16. The van der Waals surface area contributed by atoms with Gasteiger partial charge >= 0.3 is 6.03 Å². The van der Waals surface area contributed by atoms with Gasteiger partial charge in [-0.2, -0.15) is 0 Å². The number of nitrogens with zero attached hydrogens (tertiary/aromatic N) is 1. The second-order valence-corrected chi connectivity index (χ2v) is 4.77. The zero-order valence-electron chi connectivity index (χ0n) is 10.8. The van der Waals surface area contributed by atoms with Gasteiger partial charge in [-0.05, 0) is 25.7 Å². The van der Waals surface area contributed by atoms with Crippen LogP contribution in [0.25, 0.3) is 0 Å². The van der Waals surface area contributed by atoms with Crippen molar-refractivity contribution >= 4 is 6.03 Å². The van der Waals surface area contributed by atoms with Crippen LogP contribution in [-0.2, 0) is 0 Å². The molecule has 0 aliphatic heterocycles. The number of urea groups is 1. The lowest BCUT2D eigenvalue weighted by Gasteiger charge is -2.24. The van der Waals surface area contributed by atoms with Crippen LogP contribution in [0.2, 0.25) is 0 Å². The maximum atomic E-state index is 12.0. The molecule has 1 rings (SSSR count). The van der Waals surface area contributed by atoms with Gasteiger partial charge in [0.25, 0.3) is 0 Å². The lowest BCUT2D eigenvalue weighted by Crippen LogP contribution is -2.44. The van der Waals surface area contributed by atoms with E-state index >= 15 is 0 Å². The minimum atomic E-state index is 0.155. The average Bonchev–Trinajstić information content (AvgIpc) is 2.76. The summed E-state index contributed by atoms with van der Waals surface area (Å²) < 4.78 is 0. The first-order valence-electron chi connectivity index (χ1n) is 6.83.